The summed E-state index contributed by atoms with van der Waals surface area (Å²) >= 11 is 0. The molecule has 0 bridgehead atoms. The van der Waals surface area contributed by atoms with E-state index in [-0.39, 0.29) is 0 Å². The number of hydrogen-bond acceptors (Lipinski definition) is 1. The second-order valence-corrected chi connectivity index (χ2v) is 4.45. The van der Waals surface area contributed by atoms with Gasteiger partial charge in [0.25, 0.3) is 0 Å². The van der Waals surface area contributed by atoms with E-state index in [1.807, 2.05) is 0 Å². The predicted octanol–water partition coefficient (Wildman–Crippen LogP) is 2.42. The molecule has 0 amide bonds. The monoisotopic (exact) mass is 155 g/mol. The number of rotatable bonds is 5. The van der Waals surface area contributed by atoms with Crippen molar-refractivity contribution < 1.29 is 0 Å². The first kappa shape index (κ1) is 9.05. The summed E-state index contributed by atoms with van der Waals surface area (Å²) in [7, 11) is 0. The van der Waals surface area contributed by atoms with Crippen LogP contribution in [0, 0.1) is 11.3 Å². The Bertz CT molecular complexity index is 116. The van der Waals surface area contributed by atoms with Crippen LogP contribution < -0.4 is 5.32 Å². The van der Waals surface area contributed by atoms with Crippen LogP contribution in [-0.2, 0) is 0 Å². The van der Waals surface area contributed by atoms with Crippen LogP contribution in [0.25, 0.3) is 0 Å². The van der Waals surface area contributed by atoms with E-state index < -0.39 is 0 Å². The molecule has 1 unspecified atom stereocenters. The molecular weight excluding hydrogens is 134 g/mol. The average Bonchev–Trinajstić information content (AvgIpc) is 2.68. The van der Waals surface area contributed by atoms with E-state index in [4.69, 9.17) is 0 Å². The van der Waals surface area contributed by atoms with E-state index in [0.29, 0.717) is 5.41 Å². The summed E-state index contributed by atoms with van der Waals surface area (Å²) < 4.78 is 0. The molecule has 1 aliphatic carbocycles. The molecule has 11 heavy (non-hydrogen) atoms. The van der Waals surface area contributed by atoms with Gasteiger partial charge in [0.05, 0.1) is 0 Å². The van der Waals surface area contributed by atoms with Gasteiger partial charge in [-0.2, -0.15) is 0 Å². The fraction of sp³-hybridized carbons (Fsp3) is 1.00. The maximum absolute atomic E-state index is 3.54. The Morgan fingerprint density at radius 3 is 2.55 bits per heavy atom. The molecule has 0 spiro atoms. The molecule has 0 aromatic rings. The standard InChI is InChI=1S/C10H21N/c1-4-9(2)7-11-8-10(3)5-6-10/h9,11H,4-8H2,1-3H3. The van der Waals surface area contributed by atoms with Crippen molar-refractivity contribution in [3.63, 3.8) is 0 Å². The molecule has 0 saturated heterocycles. The highest BCUT2D eigenvalue weighted by Crippen LogP contribution is 2.43. The lowest BCUT2D eigenvalue weighted by Crippen LogP contribution is -2.26. The van der Waals surface area contributed by atoms with Crippen LogP contribution in [0.1, 0.15) is 40.0 Å². The molecular formula is C10H21N. The second-order valence-electron chi connectivity index (χ2n) is 4.45. The molecule has 0 aromatic heterocycles. The van der Waals surface area contributed by atoms with Gasteiger partial charge in [-0.3, -0.25) is 0 Å². The highest BCUT2D eigenvalue weighted by atomic mass is 14.9. The first-order valence-electron chi connectivity index (χ1n) is 4.87. The van der Waals surface area contributed by atoms with Crippen LogP contribution in [0.15, 0.2) is 0 Å². The Morgan fingerprint density at radius 1 is 1.45 bits per heavy atom. The maximum Gasteiger partial charge on any atom is 0.000528 e. The third-order valence-corrected chi connectivity index (χ3v) is 2.85. The van der Waals surface area contributed by atoms with Crippen LogP contribution in [0.2, 0.25) is 0 Å². The molecule has 0 heterocycles. The molecule has 0 aromatic carbocycles. The van der Waals surface area contributed by atoms with Gasteiger partial charge in [0, 0.05) is 6.54 Å². The molecule has 1 atom stereocenters. The van der Waals surface area contributed by atoms with Crippen molar-refractivity contribution in [3.8, 4) is 0 Å². The molecule has 1 rings (SSSR count). The van der Waals surface area contributed by atoms with Gasteiger partial charge in [0.1, 0.15) is 0 Å². The van der Waals surface area contributed by atoms with Gasteiger partial charge in [-0.05, 0) is 30.7 Å². The number of hydrogen-bond donors (Lipinski definition) is 1. The highest BCUT2D eigenvalue weighted by molar-refractivity contribution is 4.90. The number of nitrogens with one attached hydrogen (secondary N) is 1. The Morgan fingerprint density at radius 2 is 2.09 bits per heavy atom. The Labute approximate surface area is 70.6 Å². The summed E-state index contributed by atoms with van der Waals surface area (Å²) in [6.07, 6.45) is 4.16. The zero-order chi connectivity index (χ0) is 8.32. The maximum atomic E-state index is 3.54. The third-order valence-electron chi connectivity index (χ3n) is 2.85. The molecule has 0 aliphatic heterocycles. The van der Waals surface area contributed by atoms with Crippen LogP contribution in [-0.4, -0.2) is 13.1 Å². The van der Waals surface area contributed by atoms with E-state index in [2.05, 4.69) is 26.1 Å². The molecule has 1 saturated carbocycles. The molecule has 1 aliphatic rings. The molecule has 1 fully saturated rings. The van der Waals surface area contributed by atoms with Crippen LogP contribution in [0.3, 0.4) is 0 Å². The minimum Gasteiger partial charge on any atom is -0.316 e. The second kappa shape index (κ2) is 3.57. The van der Waals surface area contributed by atoms with Crippen LogP contribution in [0.4, 0.5) is 0 Å². The minimum atomic E-state index is 0.674. The smallest absolute Gasteiger partial charge is 0.000528 e. The highest BCUT2D eigenvalue weighted by Gasteiger charge is 2.36. The molecule has 1 N–H and O–H groups in total. The van der Waals surface area contributed by atoms with E-state index >= 15 is 0 Å². The van der Waals surface area contributed by atoms with E-state index in [1.54, 1.807) is 0 Å². The van der Waals surface area contributed by atoms with Crippen LogP contribution in [0.5, 0.6) is 0 Å². The van der Waals surface area contributed by atoms with Crippen LogP contribution >= 0.6 is 0 Å². The summed E-state index contributed by atoms with van der Waals surface area (Å²) in [4.78, 5) is 0. The van der Waals surface area contributed by atoms with Crippen molar-refractivity contribution in [3.05, 3.63) is 0 Å². The van der Waals surface area contributed by atoms with Crippen molar-refractivity contribution in [1.82, 2.24) is 5.32 Å². The summed E-state index contributed by atoms with van der Waals surface area (Å²) in [5.41, 5.74) is 0.674. The minimum absolute atomic E-state index is 0.674. The lowest BCUT2D eigenvalue weighted by atomic mass is 10.1. The first-order chi connectivity index (χ1) is 5.16. The molecule has 66 valence electrons. The Hall–Kier alpha value is -0.0400. The average molecular weight is 155 g/mol. The predicted molar refractivity (Wildman–Crippen MR) is 49.7 cm³/mol. The topological polar surface area (TPSA) is 12.0 Å². The Kier molecular flexibility index (Phi) is 2.94. The zero-order valence-electron chi connectivity index (χ0n) is 8.11. The van der Waals surface area contributed by atoms with E-state index in [9.17, 15) is 0 Å². The summed E-state index contributed by atoms with van der Waals surface area (Å²) in [6.45, 7) is 9.37. The van der Waals surface area contributed by atoms with Crippen molar-refractivity contribution in [2.24, 2.45) is 11.3 Å². The summed E-state index contributed by atoms with van der Waals surface area (Å²) in [5, 5.41) is 3.54. The fourth-order valence-corrected chi connectivity index (χ4v) is 1.15. The molecule has 1 heteroatoms. The van der Waals surface area contributed by atoms with Crippen molar-refractivity contribution in [1.29, 1.82) is 0 Å². The van der Waals surface area contributed by atoms with Crippen molar-refractivity contribution in [2.75, 3.05) is 13.1 Å². The normalized spacial score (nSPS) is 23.2. The zero-order valence-corrected chi connectivity index (χ0v) is 8.11. The van der Waals surface area contributed by atoms with Gasteiger partial charge in [-0.15, -0.1) is 0 Å². The van der Waals surface area contributed by atoms with Crippen molar-refractivity contribution >= 4 is 0 Å². The largest absolute Gasteiger partial charge is 0.316 e. The van der Waals surface area contributed by atoms with Gasteiger partial charge >= 0.3 is 0 Å². The lowest BCUT2D eigenvalue weighted by Gasteiger charge is -2.13. The lowest BCUT2D eigenvalue weighted by molar-refractivity contribution is 0.442. The van der Waals surface area contributed by atoms with E-state index in [1.165, 1.54) is 32.4 Å². The van der Waals surface area contributed by atoms with Gasteiger partial charge in [-0.1, -0.05) is 27.2 Å². The first-order valence-corrected chi connectivity index (χ1v) is 4.87. The fourth-order valence-electron chi connectivity index (χ4n) is 1.15. The van der Waals surface area contributed by atoms with Gasteiger partial charge in [-0.25, -0.2) is 0 Å². The van der Waals surface area contributed by atoms with Gasteiger partial charge in [0.15, 0.2) is 0 Å². The third kappa shape index (κ3) is 3.24. The van der Waals surface area contributed by atoms with E-state index in [0.717, 1.165) is 5.92 Å². The SMILES string of the molecule is CCC(C)CNCC1(C)CC1. The van der Waals surface area contributed by atoms with Gasteiger partial charge < -0.3 is 5.32 Å². The summed E-state index contributed by atoms with van der Waals surface area (Å²) in [5.74, 6) is 0.845. The van der Waals surface area contributed by atoms with Gasteiger partial charge in [0.2, 0.25) is 0 Å². The van der Waals surface area contributed by atoms with Crippen molar-refractivity contribution in [2.45, 2.75) is 40.0 Å². The molecule has 1 nitrogen and oxygen atoms in total. The quantitative estimate of drug-likeness (QED) is 0.643. The summed E-state index contributed by atoms with van der Waals surface area (Å²) in [6, 6.07) is 0. The molecule has 0 radical (unpaired) electrons. The Balaban J connectivity index is 1.95.